The summed E-state index contributed by atoms with van der Waals surface area (Å²) in [5, 5.41) is 15.6. The average Bonchev–Trinajstić information content (AvgIpc) is 3.29. The zero-order valence-corrected chi connectivity index (χ0v) is 54.5. The number of carbonyl (C=O) groups excluding carboxylic acids is 3. The number of nitrogens with one attached hydrogen (secondary N) is 3. The van der Waals surface area contributed by atoms with Crippen molar-refractivity contribution >= 4 is 82.6 Å². The molecule has 1 aliphatic rings. The van der Waals surface area contributed by atoms with E-state index in [4.69, 9.17) is 39.7 Å². The van der Waals surface area contributed by atoms with E-state index in [9.17, 15) is 39.6 Å². The van der Waals surface area contributed by atoms with E-state index in [0.29, 0.717) is 56.5 Å². The number of amides is 2. The number of aromatic nitrogens is 6. The number of hydrogen-bond donors (Lipinski definition) is 3. The van der Waals surface area contributed by atoms with Crippen LogP contribution in [-0.2, 0) is 44.2 Å². The molecule has 1 aliphatic heterocycles. The summed E-state index contributed by atoms with van der Waals surface area (Å²) >= 11 is 16.8. The molecule has 0 bridgehead atoms. The van der Waals surface area contributed by atoms with Gasteiger partial charge in [-0.2, -0.15) is 10.2 Å². The van der Waals surface area contributed by atoms with E-state index in [-0.39, 0.29) is 76.2 Å². The number of rotatable bonds is 20. The molecule has 4 aromatic heterocycles. The molecule has 28 heteroatoms. The molecular formula is C57H70Cl3N10NaO11S3. The summed E-state index contributed by atoms with van der Waals surface area (Å²) in [6.07, 6.45) is 10.9. The minimum Gasteiger partial charge on any atom is -0.469 e. The Hall–Kier alpha value is -5.61. The molecule has 2 unspecified atom stereocenters. The van der Waals surface area contributed by atoms with Gasteiger partial charge in [0.2, 0.25) is 0 Å². The first-order valence-electron chi connectivity index (χ1n) is 26.1. The van der Waals surface area contributed by atoms with Crippen molar-refractivity contribution in [2.75, 3.05) is 33.1 Å². The second-order valence-corrected chi connectivity index (χ2v) is 25.3. The van der Waals surface area contributed by atoms with Gasteiger partial charge >= 0.3 is 35.5 Å². The van der Waals surface area contributed by atoms with Crippen molar-refractivity contribution in [1.82, 2.24) is 44.9 Å². The minimum absolute atomic E-state index is 0. The molecule has 0 saturated carbocycles. The molecule has 85 heavy (non-hydrogen) atoms. The number of sulfone groups is 1. The number of halogens is 3. The normalized spacial score (nSPS) is 12.6. The van der Waals surface area contributed by atoms with Gasteiger partial charge in [0.25, 0.3) is 21.8 Å². The Kier molecular flexibility index (Phi) is 30.6. The number of aryl methyl sites for hydroxylation is 1. The molecule has 5 heterocycles. The summed E-state index contributed by atoms with van der Waals surface area (Å²) in [5.74, 6) is -1.64. The van der Waals surface area contributed by atoms with Crippen LogP contribution >= 0.6 is 35.0 Å². The van der Waals surface area contributed by atoms with Crippen LogP contribution in [0.25, 0.3) is 15.6 Å². The van der Waals surface area contributed by atoms with Gasteiger partial charge in [-0.25, -0.2) is 49.3 Å². The first-order chi connectivity index (χ1) is 39.5. The molecule has 7 aromatic rings. The van der Waals surface area contributed by atoms with Gasteiger partial charge in [0, 0.05) is 40.5 Å². The SMILES string of the molecule is C.C1CCOC1.CCCC(NC(=O)c1cnn(-c2ccc(Cl)cc2)c1C)c1ccnc(S(=O)(=O)CCC(=O)OC)c1.CCCC(NC(=O)c1cnn(-c2ccc(Cl)cc2)c1C)c1ccnc(S(=O)(=O)NC)c1.Cc1ccc(S(=O)(=O)[N-]Cl)cc1.[Na+]. The molecule has 0 spiro atoms. The number of esters is 1. The van der Waals surface area contributed by atoms with Crippen LogP contribution in [0.3, 0.4) is 0 Å². The average molecular weight is 1300 g/mol. The minimum atomic E-state index is -3.80. The maximum atomic E-state index is 13.1. The second kappa shape index (κ2) is 35.3. The number of sulfonamides is 2. The standard InChI is InChI=1S/C24H27ClN4O5S.C21H24ClN5O3S.C7H7ClNO2S.C4H8O.CH4.Na/c1-4-5-21(17-10-12-26-22(14-17)35(32,33)13-11-23(30)34-3)28-24(31)20-15-27-29(16(20)2)19-8-6-18(25)7-9-19;1-4-5-19(15-10-11-24-20(12-15)31(29,30)23-3)26-21(28)18-13-25-27(14(18)2)17-8-6-16(22)7-9-17;1-6-2-4-7(5-3-6)12(10,11)9-8;1-2-4-5-3-1;;/h6-10,12,14-15,21H,4-5,11,13H2,1-3H3,(H,28,31);6-13,19,23H,4-5H2,1-3H3,(H,26,28);2-5H,1H3;1-4H2;1H4;/q;;-1;;;+1. The molecule has 21 nitrogen and oxygen atoms in total. The van der Waals surface area contributed by atoms with Gasteiger partial charge in [0.15, 0.2) is 19.9 Å². The number of nitrogens with zero attached hydrogens (tertiary/aromatic N) is 7. The summed E-state index contributed by atoms with van der Waals surface area (Å²) in [6, 6.07) is 26.1. The van der Waals surface area contributed by atoms with Gasteiger partial charge in [-0.1, -0.05) is 75.0 Å². The molecule has 1 saturated heterocycles. The van der Waals surface area contributed by atoms with Crippen molar-refractivity contribution in [3.05, 3.63) is 175 Å². The summed E-state index contributed by atoms with van der Waals surface area (Å²) in [6.45, 7) is 11.4. The third-order valence-corrected chi connectivity index (χ3v) is 17.7. The molecule has 454 valence electrons. The Bertz CT molecular complexity index is 3620. The maximum Gasteiger partial charge on any atom is 1.00 e. The number of benzene rings is 3. The van der Waals surface area contributed by atoms with Crippen LogP contribution in [-0.4, -0.2) is 106 Å². The Labute approximate surface area is 535 Å². The van der Waals surface area contributed by atoms with E-state index in [1.54, 1.807) is 64.8 Å². The molecule has 2 amide bonds. The molecule has 3 N–H and O–H groups in total. The Morgan fingerprint density at radius 2 is 1.12 bits per heavy atom. The monoisotopic (exact) mass is 1290 g/mol. The topological polar surface area (TPSA) is 284 Å². The molecule has 0 radical (unpaired) electrons. The zero-order chi connectivity index (χ0) is 60.9. The van der Waals surface area contributed by atoms with Crippen LogP contribution in [0.4, 0.5) is 0 Å². The third kappa shape index (κ3) is 21.6. The van der Waals surface area contributed by atoms with Crippen LogP contribution < -0.4 is 44.9 Å². The van der Waals surface area contributed by atoms with Crippen molar-refractivity contribution in [3.63, 3.8) is 0 Å². The number of methoxy groups -OCH3 is 1. The first-order valence-corrected chi connectivity index (χ1v) is 31.8. The van der Waals surface area contributed by atoms with Crippen LogP contribution in [0.5, 0.6) is 0 Å². The molecule has 2 atom stereocenters. The summed E-state index contributed by atoms with van der Waals surface area (Å²) in [4.78, 5) is 45.6. The molecular weight excluding hydrogens is 1230 g/mol. The summed E-state index contributed by atoms with van der Waals surface area (Å²) in [7, 11) is -8.58. The fraction of sp³-hybridized carbons (Fsp3) is 0.351. The fourth-order valence-electron chi connectivity index (χ4n) is 8.03. The zero-order valence-electron chi connectivity index (χ0n) is 47.8. The smallest absolute Gasteiger partial charge is 0.469 e. The van der Waals surface area contributed by atoms with Gasteiger partial charge in [-0.05, 0) is 150 Å². The van der Waals surface area contributed by atoms with Crippen molar-refractivity contribution in [2.45, 2.75) is 114 Å². The molecule has 8 rings (SSSR count). The van der Waals surface area contributed by atoms with E-state index in [1.807, 2.05) is 52.0 Å². The van der Waals surface area contributed by atoms with Gasteiger partial charge in [0.1, 0.15) is 10.0 Å². The van der Waals surface area contributed by atoms with E-state index >= 15 is 0 Å². The van der Waals surface area contributed by atoms with Crippen LogP contribution in [0, 0.1) is 20.8 Å². The number of ether oxygens (including phenoxy) is 2. The molecule has 3 aromatic carbocycles. The van der Waals surface area contributed by atoms with Crippen molar-refractivity contribution in [3.8, 4) is 11.4 Å². The first kappa shape index (κ1) is 73.6. The van der Waals surface area contributed by atoms with Crippen LogP contribution in [0.1, 0.15) is 127 Å². The predicted octanol–water partition coefficient (Wildman–Crippen LogP) is 7.89. The van der Waals surface area contributed by atoms with Gasteiger partial charge in [0.05, 0.1) is 77.7 Å². The Morgan fingerprint density at radius 1 is 0.682 bits per heavy atom. The fourth-order valence-corrected chi connectivity index (χ4v) is 11.0. The Balaban J connectivity index is 0.000000343. The van der Waals surface area contributed by atoms with Crippen LogP contribution in [0.2, 0.25) is 10.0 Å². The number of carbonyl (C=O) groups is 3. The number of hydrogen-bond acceptors (Lipinski definition) is 15. The molecule has 0 aliphatic carbocycles. The largest absolute Gasteiger partial charge is 1.00 e. The van der Waals surface area contributed by atoms with Gasteiger partial charge < -0.3 is 24.3 Å². The van der Waals surface area contributed by atoms with E-state index in [2.05, 4.69) is 44.5 Å². The van der Waals surface area contributed by atoms with Crippen molar-refractivity contribution in [1.29, 1.82) is 0 Å². The van der Waals surface area contributed by atoms with Gasteiger partial charge in [-0.3, -0.25) is 26.2 Å². The quantitative estimate of drug-likeness (QED) is 0.0483. The van der Waals surface area contributed by atoms with E-state index < -0.39 is 47.6 Å². The van der Waals surface area contributed by atoms with Crippen LogP contribution in [0.15, 0.2) is 137 Å². The van der Waals surface area contributed by atoms with E-state index in [1.165, 1.54) is 76.1 Å². The predicted molar refractivity (Wildman–Crippen MR) is 325 cm³/mol. The van der Waals surface area contributed by atoms with Crippen molar-refractivity contribution in [2.24, 2.45) is 0 Å². The second-order valence-electron chi connectivity index (χ2n) is 18.6. The maximum absolute atomic E-state index is 13.1. The van der Waals surface area contributed by atoms with Crippen molar-refractivity contribution < 1.29 is 78.7 Å². The number of pyridine rings is 2. The molecule has 1 fully saturated rings. The van der Waals surface area contributed by atoms with Gasteiger partial charge in [-0.15, -0.1) is 0 Å². The van der Waals surface area contributed by atoms with E-state index in [0.717, 1.165) is 43.0 Å². The summed E-state index contributed by atoms with van der Waals surface area (Å²) in [5.41, 5.74) is 6.01. The Morgan fingerprint density at radius 3 is 1.51 bits per heavy atom. The third-order valence-electron chi connectivity index (χ3n) is 12.6. The summed E-state index contributed by atoms with van der Waals surface area (Å²) < 4.78 is 89.3.